The Morgan fingerprint density at radius 2 is 1.67 bits per heavy atom. The van der Waals surface area contributed by atoms with Gasteiger partial charge in [-0.1, -0.05) is 6.07 Å². The number of nitrogens with one attached hydrogen (secondary N) is 1. The van der Waals surface area contributed by atoms with E-state index in [0.717, 1.165) is 66.4 Å². The first kappa shape index (κ1) is 23.7. The number of nitrogens with zero attached hydrogens (tertiary/aromatic N) is 5. The lowest BCUT2D eigenvalue weighted by Crippen LogP contribution is -2.27. The number of fused-ring (bicyclic) bond motifs is 1. The molecule has 1 saturated heterocycles. The van der Waals surface area contributed by atoms with Crippen molar-refractivity contribution in [3.63, 3.8) is 0 Å². The zero-order chi connectivity index (χ0) is 25.6. The molecule has 1 aliphatic heterocycles. The van der Waals surface area contributed by atoms with E-state index in [1.54, 1.807) is 0 Å². The van der Waals surface area contributed by atoms with Gasteiger partial charge in [0.05, 0.1) is 22.6 Å². The summed E-state index contributed by atoms with van der Waals surface area (Å²) in [6.07, 6.45) is 2.09. The first-order valence-corrected chi connectivity index (χ1v) is 11.9. The van der Waals surface area contributed by atoms with Crippen LogP contribution in [-0.2, 0) is 0 Å². The van der Waals surface area contributed by atoms with E-state index in [1.807, 2.05) is 23.7 Å². The average Bonchev–Trinajstić information content (AvgIpc) is 3.48. The second-order valence-electron chi connectivity index (χ2n) is 9.17. The molecule has 0 unspecified atom stereocenters. The molecule has 0 atom stereocenters. The number of carbonyl (C=O) groups is 1. The van der Waals surface area contributed by atoms with E-state index < -0.39 is 28.8 Å². The number of hydrogen-bond donors (Lipinski definition) is 1. The first-order valence-electron chi connectivity index (χ1n) is 11.9. The highest BCUT2D eigenvalue weighted by Gasteiger charge is 2.25. The molecule has 1 aliphatic rings. The molecule has 1 fully saturated rings. The van der Waals surface area contributed by atoms with Gasteiger partial charge in [0.2, 0.25) is 0 Å². The van der Waals surface area contributed by atoms with Gasteiger partial charge in [-0.3, -0.25) is 14.3 Å². The van der Waals surface area contributed by atoms with E-state index in [2.05, 4.69) is 29.2 Å². The quantitative estimate of drug-likeness (QED) is 0.440. The van der Waals surface area contributed by atoms with Crippen LogP contribution in [0.25, 0.3) is 16.6 Å². The standard InChI is InChI=1S/C26H26F2N6O2/c1-15(2)33-21-11-9-19(25(23(21)16(3)30-33)32-13-4-5-14-32)29-26(36)20-10-12-22(35)34(31-20)24-17(27)7-6-8-18(24)28/h6-12,15H,4-5,13-14H2,1-3H3,(H,29,36). The molecule has 3 heterocycles. The van der Waals surface area contributed by atoms with E-state index in [-0.39, 0.29) is 11.7 Å². The lowest BCUT2D eigenvalue weighted by atomic mass is 10.1. The van der Waals surface area contributed by atoms with Crippen LogP contribution in [0.2, 0.25) is 0 Å². The summed E-state index contributed by atoms with van der Waals surface area (Å²) in [6.45, 7) is 7.78. The van der Waals surface area contributed by atoms with Gasteiger partial charge in [0, 0.05) is 30.6 Å². The van der Waals surface area contributed by atoms with Crippen LogP contribution in [0.1, 0.15) is 48.9 Å². The molecule has 0 aliphatic carbocycles. The summed E-state index contributed by atoms with van der Waals surface area (Å²) < 4.78 is 31.2. The van der Waals surface area contributed by atoms with Crippen LogP contribution in [0.4, 0.5) is 20.2 Å². The molecule has 1 N–H and O–H groups in total. The van der Waals surface area contributed by atoms with Crippen molar-refractivity contribution >= 4 is 28.2 Å². The summed E-state index contributed by atoms with van der Waals surface area (Å²) >= 11 is 0. The molecule has 36 heavy (non-hydrogen) atoms. The number of hydrogen-bond acceptors (Lipinski definition) is 5. The molecule has 0 spiro atoms. The summed E-state index contributed by atoms with van der Waals surface area (Å²) in [6, 6.07) is 9.46. The Kier molecular flexibility index (Phi) is 6.03. The Balaban J connectivity index is 1.58. The number of rotatable bonds is 5. The highest BCUT2D eigenvalue weighted by molar-refractivity contribution is 6.09. The second kappa shape index (κ2) is 9.18. The number of anilines is 2. The van der Waals surface area contributed by atoms with Crippen LogP contribution in [0, 0.1) is 18.6 Å². The molecule has 2 aromatic heterocycles. The smallest absolute Gasteiger partial charge is 0.276 e. The maximum Gasteiger partial charge on any atom is 0.276 e. The summed E-state index contributed by atoms with van der Waals surface area (Å²) in [7, 11) is 0. The van der Waals surface area contributed by atoms with Gasteiger partial charge in [-0.25, -0.2) is 8.78 Å². The minimum Gasteiger partial charge on any atom is -0.369 e. The van der Waals surface area contributed by atoms with E-state index in [0.29, 0.717) is 10.4 Å². The lowest BCUT2D eigenvalue weighted by Gasteiger charge is -2.23. The normalized spacial score (nSPS) is 13.7. The number of aryl methyl sites for hydroxylation is 1. The van der Waals surface area contributed by atoms with Crippen molar-refractivity contribution in [3.8, 4) is 5.69 Å². The van der Waals surface area contributed by atoms with Crippen molar-refractivity contribution in [3.05, 3.63) is 75.8 Å². The van der Waals surface area contributed by atoms with Gasteiger partial charge in [0.25, 0.3) is 11.5 Å². The monoisotopic (exact) mass is 492 g/mol. The molecule has 4 aromatic rings. The van der Waals surface area contributed by atoms with Crippen LogP contribution in [-0.4, -0.2) is 38.6 Å². The highest BCUT2D eigenvalue weighted by Crippen LogP contribution is 2.39. The van der Waals surface area contributed by atoms with Crippen molar-refractivity contribution in [1.29, 1.82) is 0 Å². The van der Waals surface area contributed by atoms with Crippen molar-refractivity contribution in [1.82, 2.24) is 19.6 Å². The Bertz CT molecular complexity index is 1520. The molecular formula is C26H26F2N6O2. The van der Waals surface area contributed by atoms with Crippen LogP contribution in [0.3, 0.4) is 0 Å². The molecular weight excluding hydrogens is 466 g/mol. The summed E-state index contributed by atoms with van der Waals surface area (Å²) in [5, 5.41) is 12.6. The van der Waals surface area contributed by atoms with Crippen LogP contribution >= 0.6 is 0 Å². The fourth-order valence-electron chi connectivity index (χ4n) is 4.73. The number of carbonyl (C=O) groups excluding carboxylic acids is 1. The Morgan fingerprint density at radius 3 is 2.33 bits per heavy atom. The zero-order valence-corrected chi connectivity index (χ0v) is 20.3. The van der Waals surface area contributed by atoms with E-state index >= 15 is 0 Å². The highest BCUT2D eigenvalue weighted by atomic mass is 19.1. The predicted octanol–water partition coefficient (Wildman–Crippen LogP) is 4.60. The van der Waals surface area contributed by atoms with Gasteiger partial charge in [0.1, 0.15) is 11.4 Å². The van der Waals surface area contributed by atoms with Crippen molar-refractivity contribution in [2.24, 2.45) is 0 Å². The van der Waals surface area contributed by atoms with E-state index in [9.17, 15) is 18.4 Å². The zero-order valence-electron chi connectivity index (χ0n) is 20.3. The molecule has 186 valence electrons. The number of amides is 1. The van der Waals surface area contributed by atoms with Gasteiger partial charge in [-0.05, 0) is 63.9 Å². The summed E-state index contributed by atoms with van der Waals surface area (Å²) in [5.41, 5.74) is 1.76. The fourth-order valence-corrected chi connectivity index (χ4v) is 4.73. The van der Waals surface area contributed by atoms with Gasteiger partial charge in [-0.15, -0.1) is 0 Å². The Morgan fingerprint density at radius 1 is 0.972 bits per heavy atom. The third-order valence-electron chi connectivity index (χ3n) is 6.36. The molecule has 2 aromatic carbocycles. The van der Waals surface area contributed by atoms with Gasteiger partial charge in [-0.2, -0.15) is 14.9 Å². The van der Waals surface area contributed by atoms with Crippen molar-refractivity contribution in [2.45, 2.75) is 39.7 Å². The average molecular weight is 493 g/mol. The topological polar surface area (TPSA) is 85.0 Å². The van der Waals surface area contributed by atoms with Crippen molar-refractivity contribution < 1.29 is 13.6 Å². The predicted molar refractivity (Wildman–Crippen MR) is 134 cm³/mol. The molecule has 8 nitrogen and oxygen atoms in total. The third kappa shape index (κ3) is 4.02. The molecule has 1 amide bonds. The third-order valence-corrected chi connectivity index (χ3v) is 6.36. The van der Waals surface area contributed by atoms with E-state index in [4.69, 9.17) is 5.10 Å². The van der Waals surface area contributed by atoms with Crippen molar-refractivity contribution in [2.75, 3.05) is 23.3 Å². The minimum atomic E-state index is -0.957. The van der Waals surface area contributed by atoms with Gasteiger partial charge in [0.15, 0.2) is 11.6 Å². The Hall–Kier alpha value is -4.08. The van der Waals surface area contributed by atoms with Crippen LogP contribution in [0.5, 0.6) is 0 Å². The molecule has 10 heteroatoms. The molecule has 0 saturated carbocycles. The maximum atomic E-state index is 14.3. The fraction of sp³-hybridized carbons (Fsp3) is 0.308. The number of aromatic nitrogens is 4. The van der Waals surface area contributed by atoms with Crippen LogP contribution in [0.15, 0.2) is 47.3 Å². The first-order chi connectivity index (χ1) is 17.3. The van der Waals surface area contributed by atoms with E-state index in [1.165, 1.54) is 12.1 Å². The largest absolute Gasteiger partial charge is 0.369 e. The number of para-hydroxylation sites is 1. The summed E-state index contributed by atoms with van der Waals surface area (Å²) in [4.78, 5) is 27.8. The van der Waals surface area contributed by atoms with Gasteiger partial charge >= 0.3 is 0 Å². The Labute approximate surface area is 206 Å². The van der Waals surface area contributed by atoms with Crippen LogP contribution < -0.4 is 15.8 Å². The maximum absolute atomic E-state index is 14.3. The lowest BCUT2D eigenvalue weighted by molar-refractivity contribution is 0.102. The molecule has 0 radical (unpaired) electrons. The SMILES string of the molecule is Cc1nn(C(C)C)c2ccc(NC(=O)c3ccc(=O)n(-c4c(F)cccc4F)n3)c(N3CCCC3)c12. The second-order valence-corrected chi connectivity index (χ2v) is 9.17. The van der Waals surface area contributed by atoms with Gasteiger partial charge < -0.3 is 10.2 Å². The molecule has 5 rings (SSSR count). The number of halogens is 2. The molecule has 0 bridgehead atoms. The number of benzene rings is 2. The minimum absolute atomic E-state index is 0.153. The summed E-state index contributed by atoms with van der Waals surface area (Å²) in [5.74, 6) is -2.52.